The van der Waals surface area contributed by atoms with E-state index in [2.05, 4.69) is 10.3 Å². The lowest BCUT2D eigenvalue weighted by molar-refractivity contribution is 0.501. The van der Waals surface area contributed by atoms with Crippen LogP contribution >= 0.6 is 0 Å². The lowest BCUT2D eigenvalue weighted by atomic mass is 9.99. The van der Waals surface area contributed by atoms with E-state index in [-0.39, 0.29) is 16.9 Å². The van der Waals surface area contributed by atoms with E-state index in [1.807, 2.05) is 20.8 Å². The van der Waals surface area contributed by atoms with E-state index >= 15 is 0 Å². The fourth-order valence-electron chi connectivity index (χ4n) is 2.70. The minimum atomic E-state index is -1.15. The van der Waals surface area contributed by atoms with Gasteiger partial charge in [0.05, 0.1) is 5.52 Å². The molecule has 1 unspecified atom stereocenters. The molecule has 2 aromatic rings. The van der Waals surface area contributed by atoms with Gasteiger partial charge >= 0.3 is 0 Å². The van der Waals surface area contributed by atoms with Crippen molar-refractivity contribution >= 4 is 10.9 Å². The third-order valence-corrected chi connectivity index (χ3v) is 3.60. The first-order chi connectivity index (χ1) is 9.54. The number of nitrogens with one attached hydrogen (secondary N) is 2. The smallest absolute Gasteiger partial charge is 0.168 e. The van der Waals surface area contributed by atoms with Crippen LogP contribution in [-0.2, 0) is 6.42 Å². The van der Waals surface area contributed by atoms with Crippen molar-refractivity contribution in [2.75, 3.05) is 6.54 Å². The fourth-order valence-corrected chi connectivity index (χ4v) is 2.70. The van der Waals surface area contributed by atoms with Gasteiger partial charge in [-0.05, 0) is 19.4 Å². The third-order valence-electron chi connectivity index (χ3n) is 3.60. The Labute approximate surface area is 116 Å². The van der Waals surface area contributed by atoms with Gasteiger partial charge in [-0.2, -0.15) is 0 Å². The molecule has 0 amide bonds. The zero-order chi connectivity index (χ0) is 14.9. The van der Waals surface area contributed by atoms with Crippen molar-refractivity contribution in [3.63, 3.8) is 0 Å². The maximum atomic E-state index is 14.1. The monoisotopic (exact) mass is 284 g/mol. The van der Waals surface area contributed by atoms with Crippen LogP contribution in [0.4, 0.5) is 13.2 Å². The SMILES string of the molecule is CCNC(CC)c1c(CC)[nH]c2c(F)cc(F)c(F)c12. The highest BCUT2D eigenvalue weighted by atomic mass is 19.2. The van der Waals surface area contributed by atoms with Crippen LogP contribution < -0.4 is 5.32 Å². The first-order valence-electron chi connectivity index (χ1n) is 6.96. The average molecular weight is 284 g/mol. The Bertz CT molecular complexity index is 619. The van der Waals surface area contributed by atoms with Gasteiger partial charge in [-0.1, -0.05) is 20.8 Å². The van der Waals surface area contributed by atoms with Crippen LogP contribution in [0.25, 0.3) is 10.9 Å². The molecule has 2 nitrogen and oxygen atoms in total. The number of halogens is 3. The molecule has 0 bridgehead atoms. The van der Waals surface area contributed by atoms with Crippen LogP contribution in [-0.4, -0.2) is 11.5 Å². The van der Waals surface area contributed by atoms with Crippen LogP contribution in [0, 0.1) is 17.5 Å². The molecule has 20 heavy (non-hydrogen) atoms. The molecule has 1 atom stereocenters. The number of aromatic nitrogens is 1. The second-order valence-electron chi connectivity index (χ2n) is 4.79. The second-order valence-corrected chi connectivity index (χ2v) is 4.79. The second kappa shape index (κ2) is 5.87. The Morgan fingerprint density at radius 3 is 2.40 bits per heavy atom. The molecule has 0 radical (unpaired) electrons. The molecule has 0 aliphatic rings. The van der Waals surface area contributed by atoms with E-state index in [0.717, 1.165) is 5.69 Å². The molecule has 0 spiro atoms. The van der Waals surface area contributed by atoms with E-state index < -0.39 is 17.5 Å². The Balaban J connectivity index is 2.79. The Hall–Kier alpha value is -1.49. The van der Waals surface area contributed by atoms with Crippen LogP contribution in [0.15, 0.2) is 6.07 Å². The molecular weight excluding hydrogens is 265 g/mol. The fraction of sp³-hybridized carbons (Fsp3) is 0.467. The number of rotatable bonds is 5. The molecule has 1 aromatic carbocycles. The molecular formula is C15H19F3N2. The predicted molar refractivity (Wildman–Crippen MR) is 74.3 cm³/mol. The lowest BCUT2D eigenvalue weighted by Gasteiger charge is -2.17. The number of hydrogen-bond acceptors (Lipinski definition) is 1. The molecule has 1 aromatic heterocycles. The summed E-state index contributed by atoms with van der Waals surface area (Å²) in [5.74, 6) is -2.89. The van der Waals surface area contributed by atoms with E-state index in [1.165, 1.54) is 0 Å². The topological polar surface area (TPSA) is 27.8 Å². The van der Waals surface area contributed by atoms with Crippen molar-refractivity contribution in [1.82, 2.24) is 10.3 Å². The van der Waals surface area contributed by atoms with Crippen molar-refractivity contribution in [2.45, 2.75) is 39.7 Å². The molecule has 0 aliphatic carbocycles. The van der Waals surface area contributed by atoms with Gasteiger partial charge < -0.3 is 10.3 Å². The molecule has 2 rings (SSSR count). The zero-order valence-electron chi connectivity index (χ0n) is 11.9. The van der Waals surface area contributed by atoms with Crippen LogP contribution in [0.3, 0.4) is 0 Å². The Morgan fingerprint density at radius 2 is 1.85 bits per heavy atom. The Morgan fingerprint density at radius 1 is 1.15 bits per heavy atom. The molecule has 0 fully saturated rings. The molecule has 0 saturated carbocycles. The van der Waals surface area contributed by atoms with E-state index in [0.29, 0.717) is 31.0 Å². The number of fused-ring (bicyclic) bond motifs is 1. The van der Waals surface area contributed by atoms with Gasteiger partial charge in [0.1, 0.15) is 5.82 Å². The highest BCUT2D eigenvalue weighted by Crippen LogP contribution is 2.34. The molecule has 1 heterocycles. The molecule has 5 heteroatoms. The van der Waals surface area contributed by atoms with Crippen LogP contribution in [0.1, 0.15) is 44.5 Å². The minimum Gasteiger partial charge on any atom is -0.356 e. The number of hydrogen-bond donors (Lipinski definition) is 2. The van der Waals surface area contributed by atoms with Crippen molar-refractivity contribution in [3.8, 4) is 0 Å². The lowest BCUT2D eigenvalue weighted by Crippen LogP contribution is -2.21. The van der Waals surface area contributed by atoms with Gasteiger partial charge in [-0.25, -0.2) is 13.2 Å². The van der Waals surface area contributed by atoms with Gasteiger partial charge in [0.25, 0.3) is 0 Å². The number of benzene rings is 1. The normalized spacial score (nSPS) is 13.1. The summed E-state index contributed by atoms with van der Waals surface area (Å²) in [6, 6.07) is 0.463. The molecule has 0 aliphatic heterocycles. The molecule has 2 N–H and O–H groups in total. The van der Waals surface area contributed by atoms with Crippen molar-refractivity contribution in [3.05, 3.63) is 34.8 Å². The average Bonchev–Trinajstić information content (AvgIpc) is 2.82. The summed E-state index contributed by atoms with van der Waals surface area (Å²) < 4.78 is 41.5. The van der Waals surface area contributed by atoms with Crippen molar-refractivity contribution < 1.29 is 13.2 Å². The summed E-state index contributed by atoms with van der Waals surface area (Å²) in [4.78, 5) is 2.90. The summed E-state index contributed by atoms with van der Waals surface area (Å²) in [6.07, 6.45) is 1.32. The van der Waals surface area contributed by atoms with E-state index in [4.69, 9.17) is 0 Å². The summed E-state index contributed by atoms with van der Waals surface area (Å²) in [5, 5.41) is 3.27. The highest BCUT2D eigenvalue weighted by Gasteiger charge is 2.24. The minimum absolute atomic E-state index is 0.0344. The van der Waals surface area contributed by atoms with Gasteiger partial charge in [0.15, 0.2) is 11.6 Å². The number of aromatic amines is 1. The number of aryl methyl sites for hydroxylation is 1. The largest absolute Gasteiger partial charge is 0.356 e. The van der Waals surface area contributed by atoms with Gasteiger partial charge in [0.2, 0.25) is 0 Å². The summed E-state index contributed by atoms with van der Waals surface area (Å²) in [6.45, 7) is 6.51. The summed E-state index contributed by atoms with van der Waals surface area (Å²) in [7, 11) is 0. The highest BCUT2D eigenvalue weighted by molar-refractivity contribution is 5.86. The van der Waals surface area contributed by atoms with Crippen molar-refractivity contribution in [1.29, 1.82) is 0 Å². The first-order valence-corrected chi connectivity index (χ1v) is 6.96. The summed E-state index contributed by atoms with van der Waals surface area (Å²) >= 11 is 0. The van der Waals surface area contributed by atoms with E-state index in [1.54, 1.807) is 0 Å². The number of H-pyrrole nitrogens is 1. The standard InChI is InChI=1S/C15H19F3N2/c1-4-10(19-6-3)12-11(5-2)20-15-9(17)7-8(16)14(18)13(12)15/h7,10,19-20H,4-6H2,1-3H3. The predicted octanol–water partition coefficient (Wildman–Crippen LogP) is 4.21. The quantitative estimate of drug-likeness (QED) is 0.791. The molecule has 110 valence electrons. The maximum Gasteiger partial charge on any atom is 0.168 e. The first kappa shape index (κ1) is 14.9. The van der Waals surface area contributed by atoms with E-state index in [9.17, 15) is 13.2 Å². The van der Waals surface area contributed by atoms with Gasteiger partial charge in [-0.15, -0.1) is 0 Å². The van der Waals surface area contributed by atoms with Crippen molar-refractivity contribution in [2.24, 2.45) is 0 Å². The molecule has 0 saturated heterocycles. The van der Waals surface area contributed by atoms with Gasteiger partial charge in [0, 0.05) is 28.8 Å². The van der Waals surface area contributed by atoms with Gasteiger partial charge in [-0.3, -0.25) is 0 Å². The summed E-state index contributed by atoms with van der Waals surface area (Å²) in [5.41, 5.74) is 1.44. The van der Waals surface area contributed by atoms with Crippen LogP contribution in [0.2, 0.25) is 0 Å². The van der Waals surface area contributed by atoms with Crippen LogP contribution in [0.5, 0.6) is 0 Å². The zero-order valence-corrected chi connectivity index (χ0v) is 11.9. The Kier molecular flexibility index (Phi) is 4.38. The third kappa shape index (κ3) is 2.30. The maximum absolute atomic E-state index is 14.1.